The number of fused-ring (bicyclic) bond motifs is 12. The lowest BCUT2D eigenvalue weighted by Crippen LogP contribution is -2.41. The molecular formula is C82H72Br4Cl3N35O6. The molecule has 3 unspecified atom stereocenters. The van der Waals surface area contributed by atoms with Crippen LogP contribution in [0, 0.1) is 0 Å². The van der Waals surface area contributed by atoms with Crippen LogP contribution in [0.25, 0.3) is 33.9 Å². The second-order valence-electron chi connectivity index (χ2n) is 30.7. The molecule has 48 heteroatoms. The van der Waals surface area contributed by atoms with Crippen molar-refractivity contribution in [1.29, 1.82) is 0 Å². The first-order valence-corrected chi connectivity index (χ1v) is 45.0. The van der Waals surface area contributed by atoms with Crippen LogP contribution < -0.4 is 0 Å². The molecule has 130 heavy (non-hydrogen) atoms. The minimum atomic E-state index is -0.122. The first-order chi connectivity index (χ1) is 62.9. The normalized spacial score (nSPS) is 16.1. The van der Waals surface area contributed by atoms with E-state index in [9.17, 15) is 28.8 Å². The zero-order chi connectivity index (χ0) is 89.9. The fourth-order valence-corrected chi connectivity index (χ4v) is 17.9. The summed E-state index contributed by atoms with van der Waals surface area (Å²) in [6.45, 7) is 15.8. The molecule has 18 aromatic rings. The summed E-state index contributed by atoms with van der Waals surface area (Å²) in [6.07, 6.45) is 30.7. The predicted octanol–water partition coefficient (Wildman–Crippen LogP) is 10.8. The zero-order valence-corrected chi connectivity index (χ0v) is 77.5. The molecule has 0 N–H and O–H groups in total. The Labute approximate surface area is 783 Å². The SMILES string of the molecule is CC1c2ccnn2CCN1C(=O)c1cc2ncc(Br)cn2n1.CC1c2ccnn2CCN1C(=O)c1cc2ncc(Cl)cn2n1.CC1c2nccn2CCN1C(=O)c1cc2ncc(Cl)cn2n1.O=C(c1cc2ncc(Br)cn2n1)N1CCn2c(Br)ccc2C1.O=C(c1cc2ncc(Br)cn2n1)N1CCn2nccc2C1.O=C(c1cc2ncc(Cl)cn2n1)N1CCn2nccc2C1. The molecule has 0 saturated heterocycles. The van der Waals surface area contributed by atoms with E-state index in [2.05, 4.69) is 159 Å². The average molecular weight is 2070 g/mol. The molecule has 0 saturated carbocycles. The van der Waals surface area contributed by atoms with Crippen LogP contribution >= 0.6 is 98.5 Å². The summed E-state index contributed by atoms with van der Waals surface area (Å²) in [5.74, 6) is 0.328. The molecule has 6 aliphatic rings. The Bertz CT molecular complexity index is 6910. The molecular weight excluding hydrogens is 2000 g/mol. The predicted molar refractivity (Wildman–Crippen MR) is 482 cm³/mol. The molecule has 0 radical (unpaired) electrons. The summed E-state index contributed by atoms with van der Waals surface area (Å²) in [5.41, 5.74) is 11.4. The molecule has 0 aliphatic carbocycles. The Hall–Kier alpha value is -13.3. The summed E-state index contributed by atoms with van der Waals surface area (Å²) < 4.78 is 24.8. The fraction of sp³-hybridized carbons (Fsp3) is 0.256. The molecule has 24 heterocycles. The van der Waals surface area contributed by atoms with Crippen LogP contribution in [-0.4, -0.2) is 245 Å². The molecule has 41 nitrogen and oxygen atoms in total. The summed E-state index contributed by atoms with van der Waals surface area (Å²) in [7, 11) is 0. The van der Waals surface area contributed by atoms with Crippen molar-refractivity contribution in [2.45, 2.75) is 97.8 Å². The Morgan fingerprint density at radius 3 is 1.05 bits per heavy atom. The Morgan fingerprint density at radius 2 is 0.646 bits per heavy atom. The van der Waals surface area contributed by atoms with Crippen molar-refractivity contribution in [3.63, 3.8) is 0 Å². The van der Waals surface area contributed by atoms with Gasteiger partial charge in [-0.3, -0.25) is 47.5 Å². The van der Waals surface area contributed by atoms with Crippen molar-refractivity contribution in [2.75, 3.05) is 39.3 Å². The Kier molecular flexibility index (Phi) is 24.0. The van der Waals surface area contributed by atoms with Crippen LogP contribution in [0.1, 0.15) is 136 Å². The summed E-state index contributed by atoms with van der Waals surface area (Å²) >= 11 is 31.2. The van der Waals surface area contributed by atoms with Crippen LogP contribution in [0.2, 0.25) is 15.1 Å². The topological polar surface area (TPSA) is 397 Å². The third-order valence-electron chi connectivity index (χ3n) is 22.7. The number of amides is 6. The van der Waals surface area contributed by atoms with Gasteiger partial charge in [-0.25, -0.2) is 62.0 Å². The molecule has 6 aliphatic heterocycles. The van der Waals surface area contributed by atoms with Crippen molar-refractivity contribution >= 4 is 168 Å². The smallest absolute Gasteiger partial charge is 0.275 e. The van der Waals surface area contributed by atoms with E-state index in [4.69, 9.17) is 34.8 Å². The van der Waals surface area contributed by atoms with Gasteiger partial charge in [-0.2, -0.15) is 51.0 Å². The minimum Gasteiger partial charge on any atom is -0.336 e. The maximum atomic E-state index is 12.8. The van der Waals surface area contributed by atoms with Gasteiger partial charge in [-0.05, 0) is 121 Å². The Balaban J connectivity index is 0.000000101. The van der Waals surface area contributed by atoms with E-state index in [1.54, 1.807) is 156 Å². The van der Waals surface area contributed by atoms with Gasteiger partial charge < -0.3 is 38.5 Å². The van der Waals surface area contributed by atoms with E-state index in [0.29, 0.717) is 168 Å². The van der Waals surface area contributed by atoms with Crippen LogP contribution in [-0.2, 0) is 58.9 Å². The molecule has 0 bridgehead atoms. The largest absolute Gasteiger partial charge is 0.336 e. The van der Waals surface area contributed by atoms with Crippen LogP contribution in [0.4, 0.5) is 0 Å². The molecule has 0 aromatic carbocycles. The van der Waals surface area contributed by atoms with Gasteiger partial charge in [-0.15, -0.1) is 0 Å². The molecule has 0 fully saturated rings. The van der Waals surface area contributed by atoms with E-state index in [0.717, 1.165) is 65.4 Å². The summed E-state index contributed by atoms with van der Waals surface area (Å²) in [6, 6.07) is 21.8. The fourth-order valence-electron chi connectivity index (χ4n) is 16.1. The highest BCUT2D eigenvalue weighted by molar-refractivity contribution is 9.11. The summed E-state index contributed by atoms with van der Waals surface area (Å²) in [5, 5.41) is 44.1. The number of nitrogens with zero attached hydrogens (tertiary/aromatic N) is 35. The van der Waals surface area contributed by atoms with Crippen LogP contribution in [0.5, 0.6) is 0 Å². The lowest BCUT2D eigenvalue weighted by Gasteiger charge is -2.33. The van der Waals surface area contributed by atoms with Gasteiger partial charge >= 0.3 is 0 Å². The van der Waals surface area contributed by atoms with Crippen molar-refractivity contribution in [1.82, 2.24) is 170 Å². The van der Waals surface area contributed by atoms with Gasteiger partial charge in [0, 0.05) is 187 Å². The highest BCUT2D eigenvalue weighted by Gasteiger charge is 2.36. The maximum Gasteiger partial charge on any atom is 0.275 e. The lowest BCUT2D eigenvalue weighted by atomic mass is 10.1. The number of halogens is 7. The number of aromatic nitrogens is 29. The number of hydrogen-bond acceptors (Lipinski definition) is 23. The minimum absolute atomic E-state index is 0.0201. The second-order valence-corrected chi connectivity index (χ2v) is 35.5. The average Bonchev–Trinajstić information content (AvgIpc) is 1.63. The molecule has 24 rings (SSSR count). The standard InChI is InChI=1S/C14H11Br2N5O.C14H13BrN6O.2C14H13ClN6O.C13H11BrN6O.C13H11ClN6O/c15-9-6-17-13-5-11(18-21(13)7-9)14(22)19-3-4-20-10(8-19)1-2-12(20)16;1-9-12-2-3-17-20(12)5-4-19(9)14(22)11-6-13-16-7-10(15)8-21(13)18-11;1-9-13-16-2-3-19(13)4-5-20(9)14(22)11-6-12-17-7-10(15)8-21(12)18-11;1-9-12-2-3-17-20(12)5-4-19(9)14(22)11-6-13-16-7-10(15)8-21(13)18-11;2*14-9-6-15-12-5-11(17-20(12)7-9)13(21)18-3-4-19-10(8-18)1-2-16-19/h1-2,5-7H,3-4,8H2;3*2-3,6-9H,4-5H2,1H3;2*1-2,5-7H,3-4,8H2. The first kappa shape index (κ1) is 86.1. The van der Waals surface area contributed by atoms with E-state index >= 15 is 0 Å². The van der Waals surface area contributed by atoms with Gasteiger partial charge in [0.1, 0.15) is 5.82 Å². The highest BCUT2D eigenvalue weighted by Crippen LogP contribution is 2.32. The van der Waals surface area contributed by atoms with Gasteiger partial charge in [0.15, 0.2) is 68.0 Å². The molecule has 0 spiro atoms. The lowest BCUT2D eigenvalue weighted by molar-refractivity contribution is 0.0623. The first-order valence-electron chi connectivity index (χ1n) is 40.7. The maximum absolute atomic E-state index is 12.8. The molecule has 3 atom stereocenters. The zero-order valence-electron chi connectivity index (χ0n) is 68.9. The van der Waals surface area contributed by atoms with Crippen molar-refractivity contribution < 1.29 is 28.8 Å². The van der Waals surface area contributed by atoms with E-state index < -0.39 is 0 Å². The van der Waals surface area contributed by atoms with Gasteiger partial charge in [-0.1, -0.05) is 34.8 Å². The van der Waals surface area contributed by atoms with Crippen molar-refractivity contribution in [3.8, 4) is 0 Å². The monoisotopic (exact) mass is 2060 g/mol. The van der Waals surface area contributed by atoms with E-state index in [-0.39, 0.29) is 53.6 Å². The third kappa shape index (κ3) is 17.7. The Morgan fingerprint density at radius 1 is 0.323 bits per heavy atom. The third-order valence-corrected chi connectivity index (χ3v) is 25.2. The molecule has 6 amide bonds. The van der Waals surface area contributed by atoms with Crippen LogP contribution in [0.15, 0.2) is 202 Å². The quantitative estimate of drug-likeness (QED) is 0.149. The number of carbonyl (C=O) groups is 6. The second kappa shape index (κ2) is 36.3. The van der Waals surface area contributed by atoms with Gasteiger partial charge in [0.05, 0.1) is 138 Å². The van der Waals surface area contributed by atoms with Gasteiger partial charge in [0.25, 0.3) is 35.4 Å². The number of carbonyl (C=O) groups excluding carboxylic acids is 6. The van der Waals surface area contributed by atoms with Crippen molar-refractivity contribution in [3.05, 3.63) is 286 Å². The number of imidazole rings is 1. The van der Waals surface area contributed by atoms with E-state index in [1.165, 1.54) is 32.1 Å². The highest BCUT2D eigenvalue weighted by atomic mass is 79.9. The molecule has 660 valence electrons. The summed E-state index contributed by atoms with van der Waals surface area (Å²) in [4.78, 5) is 116. The number of rotatable bonds is 6. The van der Waals surface area contributed by atoms with Gasteiger partial charge in [0.2, 0.25) is 0 Å². The van der Waals surface area contributed by atoms with Crippen LogP contribution in [0.3, 0.4) is 0 Å². The van der Waals surface area contributed by atoms with E-state index in [1.807, 2.05) is 91.9 Å². The number of hydrogen-bond donors (Lipinski definition) is 0. The molecule has 18 aromatic heterocycles. The van der Waals surface area contributed by atoms with Crippen molar-refractivity contribution in [2.24, 2.45) is 0 Å².